The molecule has 4 aromatic rings. The second-order valence-electron chi connectivity index (χ2n) is 7.05. The number of ether oxygens (including phenoxy) is 1. The summed E-state index contributed by atoms with van der Waals surface area (Å²) in [6.45, 7) is 5.40. The van der Waals surface area contributed by atoms with E-state index in [1.54, 1.807) is 13.0 Å². The van der Waals surface area contributed by atoms with Crippen LogP contribution in [0.15, 0.2) is 63.8 Å². The number of carbonyl (C=O) groups excluding carboxylic acids is 1. The van der Waals surface area contributed by atoms with E-state index in [2.05, 4.69) is 0 Å². The van der Waals surface area contributed by atoms with Crippen molar-refractivity contribution in [2.24, 2.45) is 0 Å². The first kappa shape index (κ1) is 18.0. The van der Waals surface area contributed by atoms with Gasteiger partial charge >= 0.3 is 5.63 Å². The highest BCUT2D eigenvalue weighted by atomic mass is 16.5. The van der Waals surface area contributed by atoms with Crippen molar-refractivity contribution < 1.29 is 13.9 Å². The number of aryl methyl sites for hydroxylation is 2. The molecule has 0 aliphatic heterocycles. The summed E-state index contributed by atoms with van der Waals surface area (Å²) in [6.07, 6.45) is 0. The molecule has 0 amide bonds. The summed E-state index contributed by atoms with van der Waals surface area (Å²) < 4.78 is 11.3. The summed E-state index contributed by atoms with van der Waals surface area (Å²) in [5.41, 5.74) is 2.97. The molecule has 140 valence electrons. The van der Waals surface area contributed by atoms with Crippen molar-refractivity contribution in [1.82, 2.24) is 0 Å². The molecule has 0 fully saturated rings. The molecule has 0 aliphatic carbocycles. The van der Waals surface area contributed by atoms with E-state index in [0.29, 0.717) is 22.5 Å². The van der Waals surface area contributed by atoms with E-state index < -0.39 is 0 Å². The van der Waals surface area contributed by atoms with E-state index in [1.165, 1.54) is 0 Å². The first-order valence-corrected chi connectivity index (χ1v) is 9.13. The molecule has 0 saturated carbocycles. The highest BCUT2D eigenvalue weighted by molar-refractivity contribution is 6.01. The summed E-state index contributed by atoms with van der Waals surface area (Å²) in [5.74, 6) is 0.445. The van der Waals surface area contributed by atoms with Gasteiger partial charge in [-0.15, -0.1) is 0 Å². The lowest BCUT2D eigenvalue weighted by Gasteiger charge is -2.12. The normalized spacial score (nSPS) is 11.1. The Kier molecular flexibility index (Phi) is 4.47. The Balaban J connectivity index is 1.67. The molecule has 0 bridgehead atoms. The van der Waals surface area contributed by atoms with Crippen molar-refractivity contribution in [3.05, 3.63) is 87.3 Å². The SMILES string of the molecule is Cc1cc(OCC(=O)c2ccc3ccccc3c2)c2c(C)c(C)c(=O)oc2c1. The minimum absolute atomic E-state index is 0.0888. The van der Waals surface area contributed by atoms with Gasteiger partial charge in [0.1, 0.15) is 11.3 Å². The predicted octanol–water partition coefficient (Wildman–Crippen LogP) is 5.13. The van der Waals surface area contributed by atoms with Crippen LogP contribution in [0.4, 0.5) is 0 Å². The van der Waals surface area contributed by atoms with Crippen LogP contribution in [0.2, 0.25) is 0 Å². The van der Waals surface area contributed by atoms with Gasteiger partial charge < -0.3 is 9.15 Å². The van der Waals surface area contributed by atoms with E-state index in [4.69, 9.17) is 9.15 Å². The van der Waals surface area contributed by atoms with Crippen molar-refractivity contribution in [3.8, 4) is 5.75 Å². The highest BCUT2D eigenvalue weighted by Gasteiger charge is 2.15. The van der Waals surface area contributed by atoms with Gasteiger partial charge in [-0.05, 0) is 60.9 Å². The maximum absolute atomic E-state index is 12.7. The van der Waals surface area contributed by atoms with Gasteiger partial charge in [0, 0.05) is 11.1 Å². The number of carbonyl (C=O) groups is 1. The van der Waals surface area contributed by atoms with E-state index in [9.17, 15) is 9.59 Å². The summed E-state index contributed by atoms with van der Waals surface area (Å²) >= 11 is 0. The van der Waals surface area contributed by atoms with Crippen LogP contribution in [0.3, 0.4) is 0 Å². The maximum Gasteiger partial charge on any atom is 0.339 e. The zero-order valence-electron chi connectivity index (χ0n) is 16.0. The fourth-order valence-corrected chi connectivity index (χ4v) is 3.39. The van der Waals surface area contributed by atoms with E-state index >= 15 is 0 Å². The second kappa shape index (κ2) is 6.97. The molecule has 0 saturated heterocycles. The standard InChI is InChI=1S/C24H20O4/c1-14-10-21(23-15(2)16(3)24(26)28-22(23)11-14)27-13-20(25)19-9-8-17-6-4-5-7-18(17)12-19/h4-12H,13H2,1-3H3. The molecule has 3 aromatic carbocycles. The minimum Gasteiger partial charge on any atom is -0.485 e. The zero-order valence-corrected chi connectivity index (χ0v) is 16.0. The number of rotatable bonds is 4. The van der Waals surface area contributed by atoms with Gasteiger partial charge in [0.25, 0.3) is 0 Å². The monoisotopic (exact) mass is 372 g/mol. The van der Waals surface area contributed by atoms with Crippen molar-refractivity contribution in [1.29, 1.82) is 0 Å². The smallest absolute Gasteiger partial charge is 0.339 e. The van der Waals surface area contributed by atoms with Crippen LogP contribution in [0.5, 0.6) is 5.75 Å². The zero-order chi connectivity index (χ0) is 19.8. The lowest BCUT2D eigenvalue weighted by Crippen LogP contribution is -2.13. The van der Waals surface area contributed by atoms with Crippen molar-refractivity contribution in [3.63, 3.8) is 0 Å². The lowest BCUT2D eigenvalue weighted by molar-refractivity contribution is 0.0922. The Morgan fingerprint density at radius 3 is 2.46 bits per heavy atom. The largest absolute Gasteiger partial charge is 0.485 e. The molecule has 4 nitrogen and oxygen atoms in total. The molecule has 0 radical (unpaired) electrons. The molecule has 0 spiro atoms. The molecule has 4 rings (SSSR count). The van der Waals surface area contributed by atoms with Gasteiger partial charge in [0.2, 0.25) is 0 Å². The van der Waals surface area contributed by atoms with Gasteiger partial charge in [-0.25, -0.2) is 4.79 Å². The lowest BCUT2D eigenvalue weighted by atomic mass is 10.0. The Bertz CT molecular complexity index is 1280. The predicted molar refractivity (Wildman–Crippen MR) is 110 cm³/mol. The molecule has 1 heterocycles. The van der Waals surface area contributed by atoms with Crippen molar-refractivity contribution in [2.75, 3.05) is 6.61 Å². The number of benzene rings is 3. The number of Topliss-reactive ketones (excluding diaryl/α,β-unsaturated/α-hetero) is 1. The van der Waals surface area contributed by atoms with Gasteiger partial charge in [-0.3, -0.25) is 4.79 Å². The molecule has 4 heteroatoms. The molecule has 0 N–H and O–H groups in total. The third-order valence-corrected chi connectivity index (χ3v) is 5.09. The number of hydrogen-bond acceptors (Lipinski definition) is 4. The molecule has 28 heavy (non-hydrogen) atoms. The van der Waals surface area contributed by atoms with Crippen LogP contribution in [0.1, 0.15) is 27.0 Å². The van der Waals surface area contributed by atoms with Crippen LogP contribution >= 0.6 is 0 Å². The topological polar surface area (TPSA) is 56.5 Å². The Hall–Kier alpha value is -3.40. The van der Waals surface area contributed by atoms with Crippen LogP contribution < -0.4 is 10.4 Å². The first-order chi connectivity index (χ1) is 13.4. The van der Waals surface area contributed by atoms with E-state index in [1.807, 2.05) is 62.4 Å². The van der Waals surface area contributed by atoms with Gasteiger partial charge in [-0.1, -0.05) is 36.4 Å². The molecule has 0 unspecified atom stereocenters. The fraction of sp³-hybridized carbons (Fsp3) is 0.167. The summed E-state index contributed by atoms with van der Waals surface area (Å²) in [5, 5.41) is 2.84. The number of ketones is 1. The van der Waals surface area contributed by atoms with Crippen LogP contribution in [-0.4, -0.2) is 12.4 Å². The molecular formula is C24H20O4. The van der Waals surface area contributed by atoms with Gasteiger partial charge in [0.05, 0.1) is 5.39 Å². The molecule has 0 aliphatic rings. The molecule has 0 atom stereocenters. The maximum atomic E-state index is 12.7. The average Bonchev–Trinajstić information content (AvgIpc) is 2.69. The van der Waals surface area contributed by atoms with E-state index in [-0.39, 0.29) is 18.0 Å². The summed E-state index contributed by atoms with van der Waals surface area (Å²) in [4.78, 5) is 24.7. The summed E-state index contributed by atoms with van der Waals surface area (Å²) in [6, 6.07) is 17.2. The Morgan fingerprint density at radius 2 is 1.68 bits per heavy atom. The van der Waals surface area contributed by atoms with Gasteiger partial charge in [-0.2, -0.15) is 0 Å². The quantitative estimate of drug-likeness (QED) is 0.368. The highest BCUT2D eigenvalue weighted by Crippen LogP contribution is 2.31. The number of fused-ring (bicyclic) bond motifs is 2. The van der Waals surface area contributed by atoms with Gasteiger partial charge in [0.15, 0.2) is 12.4 Å². The number of hydrogen-bond donors (Lipinski definition) is 0. The van der Waals surface area contributed by atoms with Crippen LogP contribution in [0.25, 0.3) is 21.7 Å². The van der Waals surface area contributed by atoms with Crippen LogP contribution in [0, 0.1) is 20.8 Å². The second-order valence-corrected chi connectivity index (χ2v) is 7.05. The Labute approximate surface area is 162 Å². The first-order valence-electron chi connectivity index (χ1n) is 9.13. The molecular weight excluding hydrogens is 352 g/mol. The average molecular weight is 372 g/mol. The fourth-order valence-electron chi connectivity index (χ4n) is 3.39. The summed E-state index contributed by atoms with van der Waals surface area (Å²) in [7, 11) is 0. The third-order valence-electron chi connectivity index (χ3n) is 5.09. The van der Waals surface area contributed by atoms with Crippen molar-refractivity contribution >= 4 is 27.5 Å². The van der Waals surface area contributed by atoms with Crippen molar-refractivity contribution in [2.45, 2.75) is 20.8 Å². The van der Waals surface area contributed by atoms with Crippen LogP contribution in [-0.2, 0) is 0 Å². The minimum atomic E-state index is -0.353. The third kappa shape index (κ3) is 3.18. The Morgan fingerprint density at radius 1 is 0.929 bits per heavy atom. The van der Waals surface area contributed by atoms with E-state index in [0.717, 1.165) is 27.3 Å². The molecule has 1 aromatic heterocycles.